The molecule has 2 aromatic carbocycles. The van der Waals surface area contributed by atoms with Gasteiger partial charge in [0.05, 0.1) is 6.04 Å². The summed E-state index contributed by atoms with van der Waals surface area (Å²) in [6.07, 6.45) is 0. The molecule has 1 aliphatic rings. The lowest BCUT2D eigenvalue weighted by atomic mass is 9.98. The molecule has 1 aliphatic heterocycles. The number of rotatable bonds is 5. The van der Waals surface area contributed by atoms with Crippen molar-refractivity contribution >= 4 is 23.0 Å². The van der Waals surface area contributed by atoms with Gasteiger partial charge in [0.1, 0.15) is 0 Å². The molecule has 28 heavy (non-hydrogen) atoms. The minimum Gasteiger partial charge on any atom is -0.358 e. The highest BCUT2D eigenvalue weighted by atomic mass is 32.1. The third kappa shape index (κ3) is 5.10. The zero-order valence-corrected chi connectivity index (χ0v) is 18.2. The maximum Gasteiger partial charge on any atom is 0.171 e. The van der Waals surface area contributed by atoms with Crippen molar-refractivity contribution in [1.82, 2.24) is 15.1 Å². The Morgan fingerprint density at radius 1 is 0.964 bits per heavy atom. The molecule has 0 saturated carbocycles. The van der Waals surface area contributed by atoms with Crippen LogP contribution in [0.15, 0.2) is 48.5 Å². The summed E-state index contributed by atoms with van der Waals surface area (Å²) in [4.78, 5) is 4.97. The molecule has 150 valence electrons. The lowest BCUT2D eigenvalue weighted by Crippen LogP contribution is -2.52. The second kappa shape index (κ2) is 9.50. The van der Waals surface area contributed by atoms with E-state index in [4.69, 9.17) is 12.2 Å². The van der Waals surface area contributed by atoms with Gasteiger partial charge in [-0.15, -0.1) is 0 Å². The van der Waals surface area contributed by atoms with E-state index < -0.39 is 0 Å². The molecule has 2 aromatic rings. The number of hydrogen-bond donors (Lipinski definition) is 2. The van der Waals surface area contributed by atoms with E-state index in [0.717, 1.165) is 31.9 Å². The largest absolute Gasteiger partial charge is 0.358 e. The van der Waals surface area contributed by atoms with Gasteiger partial charge in [-0.2, -0.15) is 0 Å². The van der Waals surface area contributed by atoms with E-state index in [0.29, 0.717) is 5.11 Å². The topological polar surface area (TPSA) is 30.5 Å². The lowest BCUT2D eigenvalue weighted by Gasteiger charge is -2.41. The zero-order valence-electron chi connectivity index (χ0n) is 17.4. The molecule has 4 nitrogen and oxygen atoms in total. The van der Waals surface area contributed by atoms with Gasteiger partial charge in [-0.1, -0.05) is 42.5 Å². The molecular formula is C23H32N4S. The number of benzene rings is 2. The van der Waals surface area contributed by atoms with E-state index in [1.54, 1.807) is 0 Å². The Hall–Kier alpha value is -1.95. The highest BCUT2D eigenvalue weighted by Gasteiger charge is 2.28. The Morgan fingerprint density at radius 2 is 1.64 bits per heavy atom. The van der Waals surface area contributed by atoms with Crippen molar-refractivity contribution in [2.75, 3.05) is 38.5 Å². The van der Waals surface area contributed by atoms with E-state index in [9.17, 15) is 0 Å². The maximum atomic E-state index is 5.66. The maximum absolute atomic E-state index is 5.66. The van der Waals surface area contributed by atoms with Crippen LogP contribution in [-0.4, -0.2) is 54.2 Å². The van der Waals surface area contributed by atoms with Crippen LogP contribution in [0.1, 0.15) is 29.7 Å². The van der Waals surface area contributed by atoms with Crippen molar-refractivity contribution in [3.8, 4) is 0 Å². The lowest BCUT2D eigenvalue weighted by molar-refractivity contribution is 0.0973. The second-order valence-corrected chi connectivity index (χ2v) is 8.24. The third-order valence-corrected chi connectivity index (χ3v) is 5.98. The van der Waals surface area contributed by atoms with Crippen LogP contribution < -0.4 is 10.6 Å². The molecule has 2 N–H and O–H groups in total. The van der Waals surface area contributed by atoms with Crippen LogP contribution in [0.25, 0.3) is 0 Å². The number of anilines is 1. The highest BCUT2D eigenvalue weighted by molar-refractivity contribution is 7.80. The molecule has 0 unspecified atom stereocenters. The first-order valence-corrected chi connectivity index (χ1v) is 10.5. The second-order valence-electron chi connectivity index (χ2n) is 7.83. The molecule has 0 aromatic heterocycles. The number of thiocarbonyl (C=S) groups is 1. The van der Waals surface area contributed by atoms with Crippen molar-refractivity contribution in [3.05, 3.63) is 65.2 Å². The molecule has 3 rings (SSSR count). The summed E-state index contributed by atoms with van der Waals surface area (Å²) >= 11 is 5.66. The number of piperazine rings is 1. The standard InChI is InChI=1S/C23H32N4S/c1-17-9-8-12-21(18(17)2)25-23(28)24-19(3)22(20-10-6-5-7-11-20)27-15-13-26(4)14-16-27/h5-12,19,22H,13-16H2,1-4H3,(H2,24,25,28)/t19-,22-/m1/s1. The quantitative estimate of drug-likeness (QED) is 0.747. The number of nitrogens with one attached hydrogen (secondary N) is 2. The van der Waals surface area contributed by atoms with E-state index in [1.165, 1.54) is 16.7 Å². The van der Waals surface area contributed by atoms with Gasteiger partial charge >= 0.3 is 0 Å². The van der Waals surface area contributed by atoms with Gasteiger partial charge in [0.25, 0.3) is 0 Å². The van der Waals surface area contributed by atoms with Crippen LogP contribution in [0.4, 0.5) is 5.69 Å². The average Bonchev–Trinajstić information content (AvgIpc) is 2.68. The Balaban J connectivity index is 1.72. The number of hydrogen-bond acceptors (Lipinski definition) is 3. The fourth-order valence-electron chi connectivity index (χ4n) is 3.90. The Kier molecular flexibility index (Phi) is 7.05. The smallest absolute Gasteiger partial charge is 0.171 e. The van der Waals surface area contributed by atoms with Crippen LogP contribution in [-0.2, 0) is 0 Å². The van der Waals surface area contributed by atoms with Crippen LogP contribution in [0, 0.1) is 13.8 Å². The monoisotopic (exact) mass is 396 g/mol. The Labute approximate surface area is 174 Å². The molecular weight excluding hydrogens is 364 g/mol. The van der Waals surface area contributed by atoms with Crippen molar-refractivity contribution in [3.63, 3.8) is 0 Å². The zero-order chi connectivity index (χ0) is 20.1. The Morgan fingerprint density at radius 3 is 2.32 bits per heavy atom. The van der Waals surface area contributed by atoms with Crippen molar-refractivity contribution in [1.29, 1.82) is 0 Å². The minimum atomic E-state index is 0.191. The highest BCUT2D eigenvalue weighted by Crippen LogP contribution is 2.26. The fourth-order valence-corrected chi connectivity index (χ4v) is 4.19. The van der Waals surface area contributed by atoms with Gasteiger partial charge in [-0.05, 0) is 62.8 Å². The van der Waals surface area contributed by atoms with Gasteiger partial charge < -0.3 is 15.5 Å². The molecule has 0 radical (unpaired) electrons. The van der Waals surface area contributed by atoms with Crippen LogP contribution in [0.3, 0.4) is 0 Å². The molecule has 1 heterocycles. The van der Waals surface area contributed by atoms with Crippen molar-refractivity contribution in [2.24, 2.45) is 0 Å². The van der Waals surface area contributed by atoms with Gasteiger partial charge in [0, 0.05) is 37.9 Å². The van der Waals surface area contributed by atoms with Crippen LogP contribution in [0.2, 0.25) is 0 Å². The fraction of sp³-hybridized carbons (Fsp3) is 0.435. The molecule has 2 atom stereocenters. The Bertz CT molecular complexity index is 784. The summed E-state index contributed by atoms with van der Waals surface area (Å²) in [6, 6.07) is 17.5. The first-order valence-electron chi connectivity index (χ1n) is 10.1. The first kappa shape index (κ1) is 20.8. The minimum absolute atomic E-state index is 0.191. The summed E-state index contributed by atoms with van der Waals surface area (Å²) in [5, 5.41) is 7.62. The van der Waals surface area contributed by atoms with E-state index in [2.05, 4.69) is 96.8 Å². The van der Waals surface area contributed by atoms with Gasteiger partial charge in [-0.25, -0.2) is 0 Å². The third-order valence-electron chi connectivity index (χ3n) is 5.76. The molecule has 0 spiro atoms. The summed E-state index contributed by atoms with van der Waals surface area (Å²) in [5.74, 6) is 0. The summed E-state index contributed by atoms with van der Waals surface area (Å²) in [6.45, 7) is 10.8. The molecule has 1 saturated heterocycles. The van der Waals surface area contributed by atoms with E-state index >= 15 is 0 Å². The summed E-state index contributed by atoms with van der Waals surface area (Å²) in [5.41, 5.74) is 4.90. The SMILES string of the molecule is Cc1cccc(NC(=S)N[C@H](C)[C@H](c2ccccc2)N2CCN(C)CC2)c1C. The normalized spacial score (nSPS) is 17.7. The molecule has 5 heteroatoms. The van der Waals surface area contributed by atoms with Gasteiger partial charge in [0.2, 0.25) is 0 Å². The molecule has 0 aliphatic carbocycles. The van der Waals surface area contributed by atoms with Crippen molar-refractivity contribution < 1.29 is 0 Å². The van der Waals surface area contributed by atoms with E-state index in [1.807, 2.05) is 0 Å². The molecule has 1 fully saturated rings. The predicted octanol–water partition coefficient (Wildman–Crippen LogP) is 3.97. The number of nitrogens with zero attached hydrogens (tertiary/aromatic N) is 2. The van der Waals surface area contributed by atoms with Gasteiger partial charge in [0.15, 0.2) is 5.11 Å². The van der Waals surface area contributed by atoms with Crippen LogP contribution in [0.5, 0.6) is 0 Å². The van der Waals surface area contributed by atoms with Crippen molar-refractivity contribution in [2.45, 2.75) is 32.9 Å². The average molecular weight is 397 g/mol. The predicted molar refractivity (Wildman–Crippen MR) is 123 cm³/mol. The number of likely N-dealkylation sites (N-methyl/N-ethyl adjacent to an activating group) is 1. The summed E-state index contributed by atoms with van der Waals surface area (Å²) < 4.78 is 0. The van der Waals surface area contributed by atoms with Gasteiger partial charge in [-0.3, -0.25) is 4.90 Å². The first-order chi connectivity index (χ1) is 13.5. The number of aryl methyl sites for hydroxylation is 1. The molecule has 0 bridgehead atoms. The van der Waals surface area contributed by atoms with Crippen LogP contribution >= 0.6 is 12.2 Å². The van der Waals surface area contributed by atoms with E-state index in [-0.39, 0.29) is 12.1 Å². The summed E-state index contributed by atoms with van der Waals surface area (Å²) in [7, 11) is 2.19. The molecule has 0 amide bonds.